The Morgan fingerprint density at radius 2 is 2.00 bits per heavy atom. The zero-order chi connectivity index (χ0) is 10.6. The molecule has 3 heteroatoms. The molecule has 0 aliphatic rings. The van der Waals surface area contributed by atoms with Crippen molar-refractivity contribution in [2.45, 2.75) is 39.7 Å². The van der Waals surface area contributed by atoms with Crippen molar-refractivity contribution in [1.29, 1.82) is 0 Å². The van der Waals surface area contributed by atoms with Gasteiger partial charge in [0.15, 0.2) is 0 Å². The van der Waals surface area contributed by atoms with E-state index < -0.39 is 11.5 Å². The molecule has 0 fully saturated rings. The summed E-state index contributed by atoms with van der Waals surface area (Å²) in [6, 6.07) is 0. The van der Waals surface area contributed by atoms with Crippen LogP contribution >= 0.6 is 0 Å². The van der Waals surface area contributed by atoms with Crippen molar-refractivity contribution in [1.82, 2.24) is 4.90 Å². The summed E-state index contributed by atoms with van der Waals surface area (Å²) in [7, 11) is 1.86. The van der Waals surface area contributed by atoms with Crippen LogP contribution < -0.4 is 0 Å². The highest BCUT2D eigenvalue weighted by Gasteiger charge is 2.32. The minimum Gasteiger partial charge on any atom is -0.480 e. The fourth-order valence-corrected chi connectivity index (χ4v) is 0.988. The fourth-order valence-electron chi connectivity index (χ4n) is 0.988. The van der Waals surface area contributed by atoms with Gasteiger partial charge < -0.3 is 5.11 Å². The molecule has 13 heavy (non-hydrogen) atoms. The summed E-state index contributed by atoms with van der Waals surface area (Å²) in [6.45, 7) is 8.55. The molecular weight excluding hydrogens is 166 g/mol. The van der Waals surface area contributed by atoms with Crippen LogP contribution in [0.5, 0.6) is 0 Å². The predicted molar refractivity (Wildman–Crippen MR) is 53.8 cm³/mol. The first kappa shape index (κ1) is 12.4. The van der Waals surface area contributed by atoms with E-state index in [4.69, 9.17) is 5.11 Å². The molecule has 1 unspecified atom stereocenters. The summed E-state index contributed by atoms with van der Waals surface area (Å²) < 4.78 is 0. The molecule has 3 nitrogen and oxygen atoms in total. The van der Waals surface area contributed by atoms with Crippen molar-refractivity contribution >= 4 is 5.97 Å². The first-order chi connectivity index (χ1) is 5.82. The van der Waals surface area contributed by atoms with Gasteiger partial charge >= 0.3 is 5.97 Å². The Bertz CT molecular complexity index is 178. The summed E-state index contributed by atoms with van der Waals surface area (Å²) in [4.78, 5) is 12.8. The molecule has 0 bridgehead atoms. The fraction of sp³-hybridized carbons (Fsp3) is 0.900. The number of carboxylic acids is 1. The Balaban J connectivity index is 4.24. The third-order valence-electron chi connectivity index (χ3n) is 2.76. The molecule has 1 atom stereocenters. The Labute approximate surface area is 80.7 Å². The lowest BCUT2D eigenvalue weighted by molar-refractivity contribution is -0.148. The minimum atomic E-state index is -0.765. The quantitative estimate of drug-likeness (QED) is 0.713. The summed E-state index contributed by atoms with van der Waals surface area (Å²) in [5, 5.41) is 8.96. The molecule has 0 aromatic rings. The molecular formula is C10H21NO2. The average Bonchev–Trinajstić information content (AvgIpc) is 2.03. The van der Waals surface area contributed by atoms with Crippen LogP contribution in [0.15, 0.2) is 0 Å². The Morgan fingerprint density at radius 1 is 1.54 bits per heavy atom. The lowest BCUT2D eigenvalue weighted by Gasteiger charge is -2.33. The molecule has 0 aliphatic carbocycles. The lowest BCUT2D eigenvalue weighted by Crippen LogP contribution is -2.49. The SMILES string of the molecule is CCC(C)CN(C)C(C)(C)C(=O)O. The Hall–Kier alpha value is -0.570. The monoisotopic (exact) mass is 187 g/mol. The number of hydrogen-bond acceptors (Lipinski definition) is 2. The van der Waals surface area contributed by atoms with Crippen molar-refractivity contribution in [3.8, 4) is 0 Å². The summed E-state index contributed by atoms with van der Waals surface area (Å²) >= 11 is 0. The average molecular weight is 187 g/mol. The maximum absolute atomic E-state index is 10.9. The van der Waals surface area contributed by atoms with Crippen molar-refractivity contribution in [3.63, 3.8) is 0 Å². The number of likely N-dealkylation sites (N-methyl/N-ethyl adjacent to an activating group) is 1. The Morgan fingerprint density at radius 3 is 2.31 bits per heavy atom. The number of rotatable bonds is 5. The van der Waals surface area contributed by atoms with Crippen molar-refractivity contribution in [2.75, 3.05) is 13.6 Å². The van der Waals surface area contributed by atoms with Gasteiger partial charge in [-0.25, -0.2) is 0 Å². The van der Waals surface area contributed by atoms with E-state index in [0.717, 1.165) is 13.0 Å². The van der Waals surface area contributed by atoms with Crippen molar-refractivity contribution in [3.05, 3.63) is 0 Å². The third-order valence-corrected chi connectivity index (χ3v) is 2.76. The van der Waals surface area contributed by atoms with Gasteiger partial charge in [-0.05, 0) is 26.8 Å². The van der Waals surface area contributed by atoms with E-state index in [0.29, 0.717) is 5.92 Å². The van der Waals surface area contributed by atoms with Crippen LogP contribution in [0.25, 0.3) is 0 Å². The van der Waals surface area contributed by atoms with Crippen LogP contribution in [-0.2, 0) is 4.79 Å². The second-order valence-electron chi connectivity index (χ2n) is 4.26. The molecule has 0 spiro atoms. The summed E-state index contributed by atoms with van der Waals surface area (Å²) in [5.41, 5.74) is -0.760. The molecule has 0 heterocycles. The van der Waals surface area contributed by atoms with E-state index in [-0.39, 0.29) is 0 Å². The third kappa shape index (κ3) is 3.35. The van der Waals surface area contributed by atoms with Gasteiger partial charge in [-0.3, -0.25) is 9.69 Å². The van der Waals surface area contributed by atoms with Gasteiger partial charge in [-0.1, -0.05) is 20.3 Å². The van der Waals surface area contributed by atoms with Crippen LogP contribution in [0, 0.1) is 5.92 Å². The van der Waals surface area contributed by atoms with Crippen LogP contribution in [0.4, 0.5) is 0 Å². The van der Waals surface area contributed by atoms with Gasteiger partial charge in [0.25, 0.3) is 0 Å². The molecule has 0 saturated heterocycles. The molecule has 0 aromatic carbocycles. The first-order valence-corrected chi connectivity index (χ1v) is 4.77. The van der Waals surface area contributed by atoms with E-state index in [2.05, 4.69) is 13.8 Å². The second kappa shape index (κ2) is 4.61. The number of aliphatic carboxylic acids is 1. The number of hydrogen-bond donors (Lipinski definition) is 1. The largest absolute Gasteiger partial charge is 0.480 e. The normalized spacial score (nSPS) is 14.6. The van der Waals surface area contributed by atoms with Crippen molar-refractivity contribution < 1.29 is 9.90 Å². The van der Waals surface area contributed by atoms with Crippen molar-refractivity contribution in [2.24, 2.45) is 5.92 Å². The van der Waals surface area contributed by atoms with Gasteiger partial charge in [0, 0.05) is 6.54 Å². The first-order valence-electron chi connectivity index (χ1n) is 4.77. The van der Waals surface area contributed by atoms with E-state index >= 15 is 0 Å². The van der Waals surface area contributed by atoms with Crippen LogP contribution in [0.3, 0.4) is 0 Å². The summed E-state index contributed by atoms with van der Waals surface area (Å²) in [5.74, 6) is -0.220. The minimum absolute atomic E-state index is 0.545. The molecule has 78 valence electrons. The second-order valence-corrected chi connectivity index (χ2v) is 4.26. The van der Waals surface area contributed by atoms with Gasteiger partial charge in [-0.2, -0.15) is 0 Å². The highest BCUT2D eigenvalue weighted by Crippen LogP contribution is 2.15. The topological polar surface area (TPSA) is 40.5 Å². The van der Waals surface area contributed by atoms with E-state index in [1.54, 1.807) is 13.8 Å². The molecule has 1 N–H and O–H groups in total. The highest BCUT2D eigenvalue weighted by atomic mass is 16.4. The van der Waals surface area contributed by atoms with E-state index in [1.165, 1.54) is 0 Å². The van der Waals surface area contributed by atoms with Gasteiger partial charge in [0.2, 0.25) is 0 Å². The van der Waals surface area contributed by atoms with Crippen LogP contribution in [0.2, 0.25) is 0 Å². The maximum Gasteiger partial charge on any atom is 0.323 e. The maximum atomic E-state index is 10.9. The smallest absolute Gasteiger partial charge is 0.323 e. The number of carboxylic acid groups (broad SMARTS) is 1. The van der Waals surface area contributed by atoms with Crippen LogP contribution in [0.1, 0.15) is 34.1 Å². The predicted octanol–water partition coefficient (Wildman–Crippen LogP) is 1.83. The van der Waals surface area contributed by atoms with E-state index in [1.807, 2.05) is 11.9 Å². The summed E-state index contributed by atoms with van der Waals surface area (Å²) in [6.07, 6.45) is 1.08. The zero-order valence-electron chi connectivity index (χ0n) is 9.29. The molecule has 0 radical (unpaired) electrons. The molecule has 0 amide bonds. The Kier molecular flexibility index (Phi) is 4.40. The van der Waals surface area contributed by atoms with Gasteiger partial charge in [0.1, 0.15) is 5.54 Å². The van der Waals surface area contributed by atoms with Gasteiger partial charge in [0.05, 0.1) is 0 Å². The molecule has 0 rings (SSSR count). The van der Waals surface area contributed by atoms with Gasteiger partial charge in [-0.15, -0.1) is 0 Å². The highest BCUT2D eigenvalue weighted by molar-refractivity contribution is 5.77. The lowest BCUT2D eigenvalue weighted by atomic mass is 10.0. The molecule has 0 aliphatic heterocycles. The number of carbonyl (C=O) groups is 1. The molecule has 0 saturated carbocycles. The zero-order valence-corrected chi connectivity index (χ0v) is 9.29. The molecule has 0 aromatic heterocycles. The van der Waals surface area contributed by atoms with Crippen LogP contribution in [-0.4, -0.2) is 35.1 Å². The standard InChI is InChI=1S/C10H21NO2/c1-6-8(2)7-11(5)10(3,4)9(12)13/h8H,6-7H2,1-5H3,(H,12,13). The number of nitrogens with zero attached hydrogens (tertiary/aromatic N) is 1. The van der Waals surface area contributed by atoms with E-state index in [9.17, 15) is 4.79 Å².